The zero-order valence-electron chi connectivity index (χ0n) is 21.1. The van der Waals surface area contributed by atoms with Crippen molar-refractivity contribution >= 4 is 29.3 Å². The zero-order chi connectivity index (χ0) is 26.3. The second kappa shape index (κ2) is 15.9. The van der Waals surface area contributed by atoms with E-state index in [9.17, 15) is 0 Å². The summed E-state index contributed by atoms with van der Waals surface area (Å²) in [6, 6.07) is 26.1. The van der Waals surface area contributed by atoms with E-state index in [1.54, 1.807) is 11.9 Å². The van der Waals surface area contributed by atoms with Crippen LogP contribution in [0.2, 0.25) is 0 Å². The topological polar surface area (TPSA) is 102 Å². The van der Waals surface area contributed by atoms with Crippen molar-refractivity contribution in [3.63, 3.8) is 0 Å². The molecule has 194 valence electrons. The van der Waals surface area contributed by atoms with Crippen molar-refractivity contribution in [3.8, 4) is 5.75 Å². The lowest BCUT2D eigenvalue weighted by Crippen LogP contribution is -2.34. The molecule has 8 heteroatoms. The smallest absolute Gasteiger partial charge is 0.300 e. The number of carboxylic acids is 1. The number of nitrogens with zero attached hydrogens (tertiary/aromatic N) is 1. The van der Waals surface area contributed by atoms with Crippen molar-refractivity contribution in [3.05, 3.63) is 83.9 Å². The fourth-order valence-electron chi connectivity index (χ4n) is 3.79. The van der Waals surface area contributed by atoms with Gasteiger partial charge in [-0.3, -0.25) is 20.0 Å². The number of rotatable bonds is 7. The molecule has 1 unspecified atom stereocenters. The molecule has 1 aliphatic rings. The summed E-state index contributed by atoms with van der Waals surface area (Å²) in [5.74, 6) is 0.114. The van der Waals surface area contributed by atoms with Crippen LogP contribution >= 0.6 is 11.9 Å². The molecule has 1 atom stereocenters. The number of carbonyl (C=O) groups is 1. The Bertz CT molecular complexity index is 1060. The molecule has 0 bridgehead atoms. The van der Waals surface area contributed by atoms with Crippen molar-refractivity contribution in [1.29, 1.82) is 0 Å². The third-order valence-electron chi connectivity index (χ3n) is 5.51. The summed E-state index contributed by atoms with van der Waals surface area (Å²) in [7, 11) is 0. The van der Waals surface area contributed by atoms with Gasteiger partial charge < -0.3 is 14.7 Å². The van der Waals surface area contributed by atoms with Gasteiger partial charge in [0.05, 0.1) is 5.69 Å². The molecule has 0 fully saturated rings. The second-order valence-corrected chi connectivity index (χ2v) is 9.26. The van der Waals surface area contributed by atoms with Crippen LogP contribution in [0.5, 0.6) is 5.75 Å². The van der Waals surface area contributed by atoms with E-state index in [0.717, 1.165) is 24.8 Å². The molecular formula is C28H36N2O5S. The van der Waals surface area contributed by atoms with Gasteiger partial charge in [-0.1, -0.05) is 62.2 Å². The average molecular weight is 513 g/mol. The van der Waals surface area contributed by atoms with Crippen LogP contribution in [0.4, 0.5) is 11.4 Å². The van der Waals surface area contributed by atoms with Crippen LogP contribution in [-0.4, -0.2) is 34.2 Å². The van der Waals surface area contributed by atoms with E-state index in [-0.39, 0.29) is 0 Å². The number of fused-ring (bicyclic) bond motifs is 1. The monoisotopic (exact) mass is 512 g/mol. The highest BCUT2D eigenvalue weighted by Gasteiger charge is 2.23. The summed E-state index contributed by atoms with van der Waals surface area (Å²) < 4.78 is 9.82. The zero-order valence-corrected chi connectivity index (χ0v) is 21.9. The Morgan fingerprint density at radius 2 is 1.75 bits per heavy atom. The van der Waals surface area contributed by atoms with Gasteiger partial charge in [0.1, 0.15) is 12.4 Å². The van der Waals surface area contributed by atoms with E-state index in [4.69, 9.17) is 25.2 Å². The molecule has 0 saturated carbocycles. The number of carboxylic acid groups (broad SMARTS) is 1. The molecule has 4 N–H and O–H groups in total. The van der Waals surface area contributed by atoms with E-state index in [1.165, 1.54) is 41.1 Å². The molecule has 36 heavy (non-hydrogen) atoms. The first-order valence-corrected chi connectivity index (χ1v) is 12.8. The third kappa shape index (κ3) is 9.20. The van der Waals surface area contributed by atoms with Crippen molar-refractivity contribution in [1.82, 2.24) is 4.72 Å². The van der Waals surface area contributed by atoms with E-state index in [1.807, 2.05) is 18.2 Å². The van der Waals surface area contributed by atoms with Gasteiger partial charge in [0.2, 0.25) is 0 Å². The van der Waals surface area contributed by atoms with Gasteiger partial charge in [-0.15, -0.1) is 0 Å². The van der Waals surface area contributed by atoms with Crippen LogP contribution < -0.4 is 14.4 Å². The molecule has 0 spiro atoms. The van der Waals surface area contributed by atoms with Crippen LogP contribution in [0, 0.1) is 6.92 Å². The number of ether oxygens (including phenoxy) is 1. The summed E-state index contributed by atoms with van der Waals surface area (Å²) in [5, 5.41) is 19.4. The summed E-state index contributed by atoms with van der Waals surface area (Å²) in [6.45, 7) is 6.96. The second-order valence-electron chi connectivity index (χ2n) is 8.38. The summed E-state index contributed by atoms with van der Waals surface area (Å²) in [6.07, 6.45) is 3.65. The van der Waals surface area contributed by atoms with E-state index < -0.39 is 5.97 Å². The van der Waals surface area contributed by atoms with Gasteiger partial charge in [-0.05, 0) is 66.8 Å². The van der Waals surface area contributed by atoms with Crippen LogP contribution in [0.25, 0.3) is 0 Å². The minimum Gasteiger partial charge on any atom is -0.489 e. The van der Waals surface area contributed by atoms with Crippen LogP contribution in [0.1, 0.15) is 44.2 Å². The molecule has 0 aromatic heterocycles. The first-order valence-electron chi connectivity index (χ1n) is 11.9. The maximum absolute atomic E-state index is 9.00. The predicted octanol–water partition coefficient (Wildman–Crippen LogP) is 6.99. The van der Waals surface area contributed by atoms with Gasteiger partial charge in [0.25, 0.3) is 5.97 Å². The van der Waals surface area contributed by atoms with Crippen LogP contribution in [0.15, 0.2) is 77.7 Å². The van der Waals surface area contributed by atoms with E-state index >= 15 is 0 Å². The highest BCUT2D eigenvalue weighted by molar-refractivity contribution is 7.97. The van der Waals surface area contributed by atoms with Crippen molar-refractivity contribution in [2.45, 2.75) is 57.6 Å². The highest BCUT2D eigenvalue weighted by Crippen LogP contribution is 2.38. The lowest BCUT2D eigenvalue weighted by molar-refractivity contribution is -0.176. The number of aliphatic carboxylic acids is 1. The Hall–Kier alpha value is -3.04. The first-order chi connectivity index (χ1) is 17.5. The number of para-hydroxylation sites is 2. The minimum atomic E-state index is -0.833. The van der Waals surface area contributed by atoms with Gasteiger partial charge >= 0.3 is 0 Å². The molecule has 3 aromatic rings. The molecule has 4 rings (SSSR count). The predicted molar refractivity (Wildman–Crippen MR) is 146 cm³/mol. The fourth-order valence-corrected chi connectivity index (χ4v) is 4.68. The number of aryl methyl sites for hydroxylation is 1. The Morgan fingerprint density at radius 3 is 2.42 bits per heavy atom. The summed E-state index contributed by atoms with van der Waals surface area (Å²) in [5.41, 5.74) is 4.84. The molecule has 0 radical (unpaired) electrons. The number of anilines is 2. The lowest BCUT2D eigenvalue weighted by atomic mass is 10.1. The fraction of sp³-hybridized carbons (Fsp3) is 0.321. The van der Waals surface area contributed by atoms with Crippen LogP contribution in [-0.2, 0) is 11.4 Å². The number of hydrogen-bond acceptors (Lipinski definition) is 7. The third-order valence-corrected chi connectivity index (χ3v) is 6.53. The summed E-state index contributed by atoms with van der Waals surface area (Å²) >= 11 is 1.76. The standard InChI is InChI=1S/C26H30N2OS.C2H4O2.H2O2/c1-3-4-11-22-18-28(23-12-6-5-7-13-23)24-17-21(15-16-26(24)30-27-22)19-29-25-14-9-8-10-20(25)2;1-2(3)4;1-2/h5-10,12-17,22,27H,3-4,11,18-19H2,1-2H3;1H3,(H,3,4);1-2H. The molecular weight excluding hydrogens is 476 g/mol. The quantitative estimate of drug-likeness (QED) is 0.153. The lowest BCUT2D eigenvalue weighted by Gasteiger charge is -2.28. The largest absolute Gasteiger partial charge is 0.489 e. The molecule has 0 saturated heterocycles. The summed E-state index contributed by atoms with van der Waals surface area (Å²) in [4.78, 5) is 12.7. The molecule has 0 aliphatic carbocycles. The maximum atomic E-state index is 9.00. The highest BCUT2D eigenvalue weighted by atomic mass is 32.2. The van der Waals surface area contributed by atoms with Crippen molar-refractivity contribution in [2.24, 2.45) is 0 Å². The number of unbranched alkanes of at least 4 members (excludes halogenated alkanes) is 1. The number of nitrogens with one attached hydrogen (secondary N) is 1. The first kappa shape index (κ1) is 29.2. The normalized spacial score (nSPS) is 14.2. The Labute approximate surface area is 217 Å². The Balaban J connectivity index is 0.000000694. The number of benzene rings is 3. The molecule has 7 nitrogen and oxygen atoms in total. The number of hydrogen-bond donors (Lipinski definition) is 4. The van der Waals surface area contributed by atoms with Crippen molar-refractivity contribution < 1.29 is 25.2 Å². The Morgan fingerprint density at radius 1 is 1.08 bits per heavy atom. The van der Waals surface area contributed by atoms with Gasteiger partial charge in [-0.2, -0.15) is 0 Å². The molecule has 3 aromatic carbocycles. The molecule has 1 heterocycles. The molecule has 0 amide bonds. The van der Waals surface area contributed by atoms with Gasteiger partial charge in [0, 0.05) is 30.1 Å². The van der Waals surface area contributed by atoms with Crippen molar-refractivity contribution in [2.75, 3.05) is 11.4 Å². The maximum Gasteiger partial charge on any atom is 0.300 e. The van der Waals surface area contributed by atoms with E-state index in [2.05, 4.69) is 78.1 Å². The average Bonchev–Trinajstić information content (AvgIpc) is 3.07. The van der Waals surface area contributed by atoms with E-state index in [0.29, 0.717) is 12.6 Å². The Kier molecular flexibility index (Phi) is 12.9. The van der Waals surface area contributed by atoms with Gasteiger partial charge in [0.15, 0.2) is 0 Å². The SMILES string of the molecule is CC(=O)O.CCCCC1CN(c2ccccc2)c2cc(COc3ccccc3C)ccc2SN1.OO. The van der Waals surface area contributed by atoms with Crippen LogP contribution in [0.3, 0.4) is 0 Å². The molecule has 1 aliphatic heterocycles. The minimum absolute atomic E-state index is 0.453. The van der Waals surface area contributed by atoms with Gasteiger partial charge in [-0.25, -0.2) is 0 Å².